The van der Waals surface area contributed by atoms with Crippen LogP contribution >= 0.6 is 0 Å². The monoisotopic (exact) mass is 298 g/mol. The van der Waals surface area contributed by atoms with Crippen molar-refractivity contribution in [3.63, 3.8) is 0 Å². The van der Waals surface area contributed by atoms with Crippen LogP contribution in [0.1, 0.15) is 98.3 Å². The zero-order valence-corrected chi connectivity index (χ0v) is 15.2. The van der Waals surface area contributed by atoms with Crippen molar-refractivity contribution in [3.05, 3.63) is 0 Å². The maximum Gasteiger partial charge on any atom is 0.162 e. The maximum atomic E-state index is 12.1. The third-order valence-electron chi connectivity index (χ3n) is 4.09. The first kappa shape index (κ1) is 20.6. The molecular weight excluding hydrogens is 260 g/mol. The second kappa shape index (κ2) is 12.2. The highest BCUT2D eigenvalue weighted by atomic mass is 16.5. The minimum absolute atomic E-state index is 0.0929. The molecule has 0 spiro atoms. The van der Waals surface area contributed by atoms with E-state index in [1.165, 1.54) is 57.8 Å². The number of methoxy groups -OCH3 is 1. The topological polar surface area (TPSA) is 26.3 Å². The Labute approximate surface area is 133 Å². The van der Waals surface area contributed by atoms with Gasteiger partial charge in [0.2, 0.25) is 0 Å². The molecule has 0 aliphatic rings. The molecule has 0 rings (SSSR count). The Bertz CT molecular complexity index is 253. The van der Waals surface area contributed by atoms with E-state index in [4.69, 9.17) is 4.74 Å². The first-order valence-electron chi connectivity index (χ1n) is 8.99. The van der Waals surface area contributed by atoms with Gasteiger partial charge in [-0.25, -0.2) is 0 Å². The molecule has 2 nitrogen and oxygen atoms in total. The van der Waals surface area contributed by atoms with Gasteiger partial charge in [0.1, 0.15) is 6.10 Å². The molecule has 0 aliphatic carbocycles. The molecule has 0 fully saturated rings. The molecule has 0 bridgehead atoms. The fourth-order valence-electron chi connectivity index (χ4n) is 2.89. The summed E-state index contributed by atoms with van der Waals surface area (Å²) in [5.74, 6) is 0.268. The second-order valence-corrected chi connectivity index (χ2v) is 7.38. The summed E-state index contributed by atoms with van der Waals surface area (Å²) >= 11 is 0. The van der Waals surface area contributed by atoms with Crippen LogP contribution in [0.5, 0.6) is 0 Å². The Kier molecular flexibility index (Phi) is 12.0. The molecule has 0 heterocycles. The molecule has 0 radical (unpaired) electrons. The van der Waals surface area contributed by atoms with Gasteiger partial charge in [-0.3, -0.25) is 4.79 Å². The van der Waals surface area contributed by atoms with Crippen molar-refractivity contribution >= 4 is 5.78 Å². The summed E-state index contributed by atoms with van der Waals surface area (Å²) < 4.78 is 5.37. The number of ether oxygens (including phenoxy) is 1. The summed E-state index contributed by atoms with van der Waals surface area (Å²) in [6.07, 6.45) is 13.5. The normalized spacial score (nSPS) is 13.4. The molecule has 0 saturated carbocycles. The zero-order chi connectivity index (χ0) is 16.1. The minimum atomic E-state index is -0.254. The van der Waals surface area contributed by atoms with Crippen LogP contribution in [-0.2, 0) is 9.53 Å². The summed E-state index contributed by atoms with van der Waals surface area (Å²) in [5, 5.41) is 0. The highest BCUT2D eigenvalue weighted by Gasteiger charge is 2.30. The van der Waals surface area contributed by atoms with E-state index in [0.29, 0.717) is 6.42 Å². The lowest BCUT2D eigenvalue weighted by Gasteiger charge is -2.28. The molecule has 0 aromatic rings. The number of hydrogen-bond acceptors (Lipinski definition) is 2. The maximum absolute atomic E-state index is 12.1. The number of ketones is 1. The van der Waals surface area contributed by atoms with E-state index >= 15 is 0 Å². The molecule has 0 N–H and O–H groups in total. The van der Waals surface area contributed by atoms with Crippen molar-refractivity contribution in [2.75, 3.05) is 7.11 Å². The van der Waals surface area contributed by atoms with Gasteiger partial charge in [-0.1, -0.05) is 85.5 Å². The quantitative estimate of drug-likeness (QED) is 0.394. The summed E-state index contributed by atoms with van der Waals surface area (Å²) in [6.45, 7) is 8.46. The molecule has 1 atom stereocenters. The largest absolute Gasteiger partial charge is 0.373 e. The van der Waals surface area contributed by atoms with Crippen LogP contribution in [0.4, 0.5) is 0 Å². The average Bonchev–Trinajstić information content (AvgIpc) is 2.40. The van der Waals surface area contributed by atoms with Crippen molar-refractivity contribution in [3.8, 4) is 0 Å². The van der Waals surface area contributed by atoms with Gasteiger partial charge in [0.15, 0.2) is 5.78 Å². The van der Waals surface area contributed by atoms with Crippen LogP contribution in [0.15, 0.2) is 0 Å². The molecule has 126 valence electrons. The summed E-state index contributed by atoms with van der Waals surface area (Å²) in [6, 6.07) is 0. The number of Topliss-reactive ketones (excluding diaryl/α,β-unsaturated/α-hetero) is 1. The summed E-state index contributed by atoms with van der Waals surface area (Å²) in [7, 11) is 1.65. The fraction of sp³-hybridized carbons (Fsp3) is 0.947. The van der Waals surface area contributed by atoms with E-state index in [2.05, 4.69) is 27.7 Å². The second-order valence-electron chi connectivity index (χ2n) is 7.38. The van der Waals surface area contributed by atoms with Gasteiger partial charge in [0.05, 0.1) is 0 Å². The summed E-state index contributed by atoms with van der Waals surface area (Å²) in [5.41, 5.74) is -0.0929. The molecule has 0 aromatic carbocycles. The fourth-order valence-corrected chi connectivity index (χ4v) is 2.89. The van der Waals surface area contributed by atoms with E-state index < -0.39 is 0 Å². The SMILES string of the molecule is CCCCCCCCCCCCC(=O)C(OC)C(C)(C)C. The van der Waals surface area contributed by atoms with E-state index in [-0.39, 0.29) is 17.3 Å². The van der Waals surface area contributed by atoms with E-state index in [1.54, 1.807) is 7.11 Å². The molecule has 0 aliphatic heterocycles. The Morgan fingerprint density at radius 2 is 1.29 bits per heavy atom. The number of carbonyl (C=O) groups is 1. The first-order valence-corrected chi connectivity index (χ1v) is 8.99. The molecule has 0 aromatic heterocycles. The number of unbranched alkanes of at least 4 members (excludes halogenated alkanes) is 9. The van der Waals surface area contributed by atoms with Gasteiger partial charge >= 0.3 is 0 Å². The molecule has 21 heavy (non-hydrogen) atoms. The van der Waals surface area contributed by atoms with Crippen LogP contribution in [0.25, 0.3) is 0 Å². The lowest BCUT2D eigenvalue weighted by molar-refractivity contribution is -0.135. The van der Waals surface area contributed by atoms with E-state index in [0.717, 1.165) is 6.42 Å². The number of carbonyl (C=O) groups excluding carboxylic acids is 1. The molecule has 1 unspecified atom stereocenters. The van der Waals surface area contributed by atoms with E-state index in [9.17, 15) is 4.79 Å². The average molecular weight is 299 g/mol. The lowest BCUT2D eigenvalue weighted by Crippen LogP contribution is -2.36. The highest BCUT2D eigenvalue weighted by molar-refractivity contribution is 5.83. The Morgan fingerprint density at radius 3 is 1.67 bits per heavy atom. The van der Waals surface area contributed by atoms with Gasteiger partial charge < -0.3 is 4.74 Å². The van der Waals surface area contributed by atoms with Gasteiger partial charge in [-0.2, -0.15) is 0 Å². The van der Waals surface area contributed by atoms with Gasteiger partial charge in [0.25, 0.3) is 0 Å². The highest BCUT2D eigenvalue weighted by Crippen LogP contribution is 2.24. The molecule has 2 heteroatoms. The number of rotatable bonds is 13. The first-order chi connectivity index (χ1) is 9.93. The van der Waals surface area contributed by atoms with Gasteiger partial charge in [-0.05, 0) is 11.8 Å². The molecule has 0 amide bonds. The van der Waals surface area contributed by atoms with Crippen molar-refractivity contribution in [1.29, 1.82) is 0 Å². The van der Waals surface area contributed by atoms with Crippen molar-refractivity contribution in [2.24, 2.45) is 5.41 Å². The van der Waals surface area contributed by atoms with Gasteiger partial charge in [0, 0.05) is 13.5 Å². The van der Waals surface area contributed by atoms with Crippen LogP contribution in [0.3, 0.4) is 0 Å². The molecular formula is C19H38O2. The van der Waals surface area contributed by atoms with Crippen LogP contribution in [-0.4, -0.2) is 19.0 Å². The Morgan fingerprint density at radius 1 is 0.857 bits per heavy atom. The predicted octanol–water partition coefficient (Wildman–Crippen LogP) is 5.93. The van der Waals surface area contributed by atoms with Crippen molar-refractivity contribution in [2.45, 2.75) is 104 Å². The molecule has 0 saturated heterocycles. The van der Waals surface area contributed by atoms with Crippen LogP contribution in [0, 0.1) is 5.41 Å². The zero-order valence-electron chi connectivity index (χ0n) is 15.2. The number of hydrogen-bond donors (Lipinski definition) is 0. The third-order valence-corrected chi connectivity index (χ3v) is 4.09. The predicted molar refractivity (Wildman–Crippen MR) is 91.7 cm³/mol. The van der Waals surface area contributed by atoms with Crippen molar-refractivity contribution in [1.82, 2.24) is 0 Å². The third kappa shape index (κ3) is 10.9. The lowest BCUT2D eigenvalue weighted by atomic mass is 9.85. The Balaban J connectivity index is 3.52. The van der Waals surface area contributed by atoms with E-state index in [1.807, 2.05) is 0 Å². The van der Waals surface area contributed by atoms with Crippen LogP contribution < -0.4 is 0 Å². The van der Waals surface area contributed by atoms with Gasteiger partial charge in [-0.15, -0.1) is 0 Å². The van der Waals surface area contributed by atoms with Crippen molar-refractivity contribution < 1.29 is 9.53 Å². The Hall–Kier alpha value is -0.370. The van der Waals surface area contributed by atoms with Crippen LogP contribution in [0.2, 0.25) is 0 Å². The summed E-state index contributed by atoms with van der Waals surface area (Å²) in [4.78, 5) is 12.1. The smallest absolute Gasteiger partial charge is 0.162 e. The minimum Gasteiger partial charge on any atom is -0.373 e. The standard InChI is InChI=1S/C19H38O2/c1-6-7-8-9-10-11-12-13-14-15-16-17(20)18(21-5)19(2,3)4/h18H,6-16H2,1-5H3.